The van der Waals surface area contributed by atoms with Crippen LogP contribution in [-0.4, -0.2) is 9.78 Å². The van der Waals surface area contributed by atoms with E-state index in [0.717, 1.165) is 13.0 Å². The maximum atomic E-state index is 4.24. The van der Waals surface area contributed by atoms with Crippen LogP contribution < -0.4 is 0 Å². The number of rotatable bonds is 3. The number of hydrogen-bond donors (Lipinski definition) is 0. The van der Waals surface area contributed by atoms with Crippen LogP contribution in [0.2, 0.25) is 0 Å². The van der Waals surface area contributed by atoms with E-state index in [1.165, 1.54) is 5.56 Å². The van der Waals surface area contributed by atoms with E-state index >= 15 is 0 Å². The van der Waals surface area contributed by atoms with Gasteiger partial charge in [0.05, 0.1) is 6.20 Å². The zero-order chi connectivity index (χ0) is 10.3. The summed E-state index contributed by atoms with van der Waals surface area (Å²) < 4.78 is 2.01. The van der Waals surface area contributed by atoms with Crippen molar-refractivity contribution >= 4 is 0 Å². The fraction of sp³-hybridized carbons (Fsp3) is 0.727. The summed E-state index contributed by atoms with van der Waals surface area (Å²) in [7, 11) is 0. The van der Waals surface area contributed by atoms with E-state index in [9.17, 15) is 0 Å². The Labute approximate surface area is 82.0 Å². The van der Waals surface area contributed by atoms with Crippen molar-refractivity contribution in [1.82, 2.24) is 9.78 Å². The smallest absolute Gasteiger partial charge is 0.0524 e. The van der Waals surface area contributed by atoms with Crippen LogP contribution in [0.4, 0.5) is 0 Å². The van der Waals surface area contributed by atoms with Crippen molar-refractivity contribution in [2.24, 2.45) is 0 Å². The molecule has 0 atom stereocenters. The molecule has 0 amide bonds. The molecule has 1 heterocycles. The lowest BCUT2D eigenvalue weighted by Crippen LogP contribution is -1.95. The highest BCUT2D eigenvalue weighted by Gasteiger charge is 2.00. The summed E-state index contributed by atoms with van der Waals surface area (Å²) in [6.07, 6.45) is 5.24. The lowest BCUT2D eigenvalue weighted by Gasteiger charge is -1.98. The fourth-order valence-electron chi connectivity index (χ4n) is 1.03. The molecule has 76 valence electrons. The maximum absolute atomic E-state index is 4.24. The summed E-state index contributed by atoms with van der Waals surface area (Å²) in [5.41, 5.74) is 1.33. The lowest BCUT2D eigenvalue weighted by molar-refractivity contribution is 0.602. The number of aryl methyl sites for hydroxylation is 1. The molecule has 1 rings (SSSR count). The highest BCUT2D eigenvalue weighted by Crippen LogP contribution is 2.11. The van der Waals surface area contributed by atoms with E-state index in [0.29, 0.717) is 5.92 Å². The van der Waals surface area contributed by atoms with Gasteiger partial charge >= 0.3 is 0 Å². The first kappa shape index (κ1) is 12.2. The molecular weight excluding hydrogens is 160 g/mol. The molecule has 0 aliphatic heterocycles. The van der Waals surface area contributed by atoms with Gasteiger partial charge in [0.15, 0.2) is 0 Å². The molecule has 0 aliphatic carbocycles. The van der Waals surface area contributed by atoms with Crippen LogP contribution in [0.3, 0.4) is 0 Å². The summed E-state index contributed by atoms with van der Waals surface area (Å²) in [5, 5.41) is 4.24. The summed E-state index contributed by atoms with van der Waals surface area (Å²) in [4.78, 5) is 0. The van der Waals surface area contributed by atoms with Crippen LogP contribution in [-0.2, 0) is 6.54 Å². The van der Waals surface area contributed by atoms with E-state index < -0.39 is 0 Å². The monoisotopic (exact) mass is 182 g/mol. The Morgan fingerprint density at radius 1 is 1.38 bits per heavy atom. The summed E-state index contributed by atoms with van der Waals surface area (Å²) in [5.74, 6) is 0.598. The van der Waals surface area contributed by atoms with Gasteiger partial charge in [0.25, 0.3) is 0 Å². The third-order valence-corrected chi connectivity index (χ3v) is 1.77. The first-order valence-corrected chi connectivity index (χ1v) is 5.26. The number of nitrogens with zero attached hydrogens (tertiary/aromatic N) is 2. The van der Waals surface area contributed by atoms with Crippen molar-refractivity contribution in [3.05, 3.63) is 18.0 Å². The van der Waals surface area contributed by atoms with Gasteiger partial charge in [-0.05, 0) is 17.9 Å². The Morgan fingerprint density at radius 3 is 2.38 bits per heavy atom. The Bertz CT molecular complexity index is 214. The first-order chi connectivity index (χ1) is 6.24. The largest absolute Gasteiger partial charge is 0.272 e. The molecule has 0 fully saturated rings. The average molecular weight is 182 g/mol. The second-order valence-electron chi connectivity index (χ2n) is 3.19. The van der Waals surface area contributed by atoms with Gasteiger partial charge < -0.3 is 0 Å². The van der Waals surface area contributed by atoms with Gasteiger partial charge in [-0.2, -0.15) is 5.10 Å². The van der Waals surface area contributed by atoms with Gasteiger partial charge in [-0.1, -0.05) is 34.6 Å². The summed E-state index contributed by atoms with van der Waals surface area (Å²) in [6.45, 7) is 11.6. The Hall–Kier alpha value is -0.790. The normalized spacial score (nSPS) is 9.69. The maximum Gasteiger partial charge on any atom is 0.0524 e. The van der Waals surface area contributed by atoms with E-state index in [2.05, 4.69) is 32.1 Å². The molecule has 0 unspecified atom stereocenters. The molecule has 0 bridgehead atoms. The van der Waals surface area contributed by atoms with Crippen LogP contribution in [0, 0.1) is 0 Å². The lowest BCUT2D eigenvalue weighted by atomic mass is 10.1. The van der Waals surface area contributed by atoms with E-state index in [4.69, 9.17) is 0 Å². The third kappa shape index (κ3) is 4.11. The van der Waals surface area contributed by atoms with Crippen molar-refractivity contribution in [2.75, 3.05) is 0 Å². The van der Waals surface area contributed by atoms with Crippen molar-refractivity contribution in [2.45, 2.75) is 53.5 Å². The molecule has 1 aromatic heterocycles. The predicted octanol–water partition coefficient (Wildman–Crippen LogP) is 3.44. The zero-order valence-electron chi connectivity index (χ0n) is 9.54. The highest BCUT2D eigenvalue weighted by molar-refractivity contribution is 5.08. The Balaban J connectivity index is 0.000000671. The standard InChI is InChI=1S/C9H16N2.C2H6/c1-4-5-11-7-9(6-10-11)8(2)3;1-2/h6-8H,4-5H2,1-3H3;1-2H3. The minimum Gasteiger partial charge on any atom is -0.272 e. The topological polar surface area (TPSA) is 17.8 Å². The second kappa shape index (κ2) is 6.70. The second-order valence-corrected chi connectivity index (χ2v) is 3.19. The quantitative estimate of drug-likeness (QED) is 0.700. The van der Waals surface area contributed by atoms with Gasteiger partial charge in [0.1, 0.15) is 0 Å². The molecule has 2 nitrogen and oxygen atoms in total. The molecule has 2 heteroatoms. The molecular formula is C11H22N2. The van der Waals surface area contributed by atoms with Crippen LogP contribution in [0.1, 0.15) is 52.5 Å². The molecule has 13 heavy (non-hydrogen) atoms. The molecule has 0 saturated heterocycles. The minimum atomic E-state index is 0.598. The summed E-state index contributed by atoms with van der Waals surface area (Å²) in [6, 6.07) is 0. The first-order valence-electron chi connectivity index (χ1n) is 5.26. The van der Waals surface area contributed by atoms with E-state index in [1.807, 2.05) is 24.7 Å². The predicted molar refractivity (Wildman–Crippen MR) is 58.0 cm³/mol. The molecule has 0 saturated carbocycles. The van der Waals surface area contributed by atoms with Crippen molar-refractivity contribution in [1.29, 1.82) is 0 Å². The SMILES string of the molecule is CC.CCCn1cc(C(C)C)cn1. The fourth-order valence-corrected chi connectivity index (χ4v) is 1.03. The molecule has 0 radical (unpaired) electrons. The van der Waals surface area contributed by atoms with Gasteiger partial charge in [0.2, 0.25) is 0 Å². The van der Waals surface area contributed by atoms with E-state index in [-0.39, 0.29) is 0 Å². The minimum absolute atomic E-state index is 0.598. The highest BCUT2D eigenvalue weighted by atomic mass is 15.3. The van der Waals surface area contributed by atoms with E-state index in [1.54, 1.807) is 0 Å². The van der Waals surface area contributed by atoms with Gasteiger partial charge in [-0.15, -0.1) is 0 Å². The zero-order valence-corrected chi connectivity index (χ0v) is 9.54. The van der Waals surface area contributed by atoms with Crippen LogP contribution in [0.5, 0.6) is 0 Å². The molecule has 0 aromatic carbocycles. The van der Waals surface area contributed by atoms with Crippen LogP contribution >= 0.6 is 0 Å². The molecule has 0 N–H and O–H groups in total. The molecule has 0 aliphatic rings. The molecule has 1 aromatic rings. The Morgan fingerprint density at radius 2 is 2.00 bits per heavy atom. The van der Waals surface area contributed by atoms with Gasteiger partial charge in [0, 0.05) is 12.7 Å². The van der Waals surface area contributed by atoms with Gasteiger partial charge in [-0.3, -0.25) is 4.68 Å². The van der Waals surface area contributed by atoms with Crippen molar-refractivity contribution in [3.63, 3.8) is 0 Å². The third-order valence-electron chi connectivity index (χ3n) is 1.77. The number of hydrogen-bond acceptors (Lipinski definition) is 1. The Kier molecular flexibility index (Phi) is 6.29. The summed E-state index contributed by atoms with van der Waals surface area (Å²) >= 11 is 0. The van der Waals surface area contributed by atoms with Crippen molar-refractivity contribution in [3.8, 4) is 0 Å². The van der Waals surface area contributed by atoms with Crippen molar-refractivity contribution < 1.29 is 0 Å². The van der Waals surface area contributed by atoms with Crippen LogP contribution in [0.15, 0.2) is 12.4 Å². The number of aromatic nitrogens is 2. The van der Waals surface area contributed by atoms with Gasteiger partial charge in [-0.25, -0.2) is 0 Å². The molecule has 0 spiro atoms. The average Bonchev–Trinajstić information content (AvgIpc) is 2.57. The van der Waals surface area contributed by atoms with Crippen LogP contribution in [0.25, 0.3) is 0 Å².